The highest BCUT2D eigenvalue weighted by Gasteiger charge is 2.14. The highest BCUT2D eigenvalue weighted by Crippen LogP contribution is 2.13. The predicted molar refractivity (Wildman–Crippen MR) is 88.6 cm³/mol. The molecule has 3 amide bonds. The maximum atomic E-state index is 11.7. The maximum Gasteiger partial charge on any atom is 0.313 e. The number of carbonyl (C=O) groups is 3. The Balaban J connectivity index is 2.40. The minimum atomic E-state index is -0.750. The normalized spacial score (nSPS) is 9.95. The van der Waals surface area contributed by atoms with Crippen LogP contribution in [0.5, 0.6) is 0 Å². The number of benzene rings is 1. The number of rotatable bonds is 6. The summed E-state index contributed by atoms with van der Waals surface area (Å²) in [5, 5.41) is 4.94. The molecule has 6 nitrogen and oxygen atoms in total. The third kappa shape index (κ3) is 6.17. The van der Waals surface area contributed by atoms with Crippen LogP contribution in [0.1, 0.15) is 12.0 Å². The Labute approximate surface area is 134 Å². The first-order chi connectivity index (χ1) is 10.4. The van der Waals surface area contributed by atoms with Crippen molar-refractivity contribution in [2.24, 2.45) is 0 Å². The fourth-order valence-electron chi connectivity index (χ4n) is 1.63. The molecule has 0 saturated heterocycles. The molecule has 0 aliphatic heterocycles. The number of nitrogens with zero attached hydrogens (tertiary/aromatic N) is 1. The van der Waals surface area contributed by atoms with Gasteiger partial charge in [-0.2, -0.15) is 11.8 Å². The minimum absolute atomic E-state index is 0.106. The van der Waals surface area contributed by atoms with Gasteiger partial charge in [0.15, 0.2) is 0 Å². The van der Waals surface area contributed by atoms with Gasteiger partial charge in [-0.05, 0) is 24.0 Å². The Morgan fingerprint density at radius 1 is 1.09 bits per heavy atom. The molecule has 0 spiro atoms. The van der Waals surface area contributed by atoms with Crippen molar-refractivity contribution in [3.63, 3.8) is 0 Å². The highest BCUT2D eigenvalue weighted by molar-refractivity contribution is 7.97. The molecule has 120 valence electrons. The van der Waals surface area contributed by atoms with E-state index < -0.39 is 11.8 Å². The average molecular weight is 323 g/mol. The van der Waals surface area contributed by atoms with Gasteiger partial charge in [-0.15, -0.1) is 0 Å². The van der Waals surface area contributed by atoms with Crippen molar-refractivity contribution in [3.05, 3.63) is 29.8 Å². The average Bonchev–Trinajstić information content (AvgIpc) is 2.49. The molecule has 1 aromatic rings. The number of hydrogen-bond acceptors (Lipinski definition) is 4. The zero-order valence-corrected chi connectivity index (χ0v) is 13.8. The fraction of sp³-hybridized carbons (Fsp3) is 0.400. The lowest BCUT2D eigenvalue weighted by atomic mass is 10.2. The lowest BCUT2D eigenvalue weighted by Crippen LogP contribution is -2.37. The van der Waals surface area contributed by atoms with Crippen molar-refractivity contribution >= 4 is 35.2 Å². The molecule has 0 atom stereocenters. The van der Waals surface area contributed by atoms with Gasteiger partial charge in [0.05, 0.1) is 0 Å². The molecule has 0 bridgehead atoms. The number of hydrogen-bond donors (Lipinski definition) is 2. The van der Waals surface area contributed by atoms with Crippen molar-refractivity contribution in [2.45, 2.75) is 12.2 Å². The first-order valence-electron chi connectivity index (χ1n) is 6.81. The van der Waals surface area contributed by atoms with Crippen LogP contribution < -0.4 is 10.6 Å². The minimum Gasteiger partial charge on any atom is -0.349 e. The first-order valence-corrected chi connectivity index (χ1v) is 8.20. The molecule has 0 heterocycles. The second-order valence-electron chi connectivity index (χ2n) is 4.88. The van der Waals surface area contributed by atoms with Crippen molar-refractivity contribution in [2.75, 3.05) is 32.2 Å². The van der Waals surface area contributed by atoms with Crippen LogP contribution in [0, 0.1) is 0 Å². The topological polar surface area (TPSA) is 78.5 Å². The Morgan fingerprint density at radius 2 is 1.73 bits per heavy atom. The molecule has 0 unspecified atom stereocenters. The third-order valence-corrected chi connectivity index (χ3v) is 3.47. The van der Waals surface area contributed by atoms with Gasteiger partial charge in [0, 0.05) is 38.5 Å². The van der Waals surface area contributed by atoms with Crippen LogP contribution in [0.15, 0.2) is 24.3 Å². The largest absolute Gasteiger partial charge is 0.349 e. The lowest BCUT2D eigenvalue weighted by molar-refractivity contribution is -0.136. The van der Waals surface area contributed by atoms with E-state index in [2.05, 4.69) is 10.6 Å². The highest BCUT2D eigenvalue weighted by atomic mass is 32.2. The molecule has 0 radical (unpaired) electrons. The van der Waals surface area contributed by atoms with Gasteiger partial charge in [-0.3, -0.25) is 14.4 Å². The van der Waals surface area contributed by atoms with E-state index >= 15 is 0 Å². The van der Waals surface area contributed by atoms with Crippen molar-refractivity contribution in [3.8, 4) is 0 Å². The molecule has 7 heteroatoms. The summed E-state index contributed by atoms with van der Waals surface area (Å²) < 4.78 is 0. The Kier molecular flexibility index (Phi) is 7.45. The van der Waals surface area contributed by atoms with Crippen LogP contribution in [-0.2, 0) is 20.1 Å². The van der Waals surface area contributed by atoms with E-state index in [1.807, 2.05) is 18.4 Å². The smallest absolute Gasteiger partial charge is 0.313 e. The van der Waals surface area contributed by atoms with Crippen LogP contribution >= 0.6 is 11.8 Å². The SMILES string of the molecule is CSCc1ccc(NC(=O)C(=O)NCCC(=O)N(C)C)cc1. The lowest BCUT2D eigenvalue weighted by Gasteiger charge is -2.10. The first kappa shape index (κ1) is 18.0. The number of nitrogens with one attached hydrogen (secondary N) is 2. The molecule has 0 aromatic heterocycles. The van der Waals surface area contributed by atoms with Crippen LogP contribution in [-0.4, -0.2) is 49.5 Å². The zero-order valence-electron chi connectivity index (χ0n) is 13.0. The summed E-state index contributed by atoms with van der Waals surface area (Å²) in [6, 6.07) is 7.32. The van der Waals surface area contributed by atoms with Crippen LogP contribution in [0.2, 0.25) is 0 Å². The van der Waals surface area contributed by atoms with E-state index in [0.717, 1.165) is 11.3 Å². The monoisotopic (exact) mass is 323 g/mol. The molecular weight excluding hydrogens is 302 g/mol. The quantitative estimate of drug-likeness (QED) is 0.768. The number of carbonyl (C=O) groups excluding carboxylic acids is 3. The Bertz CT molecular complexity index is 529. The zero-order chi connectivity index (χ0) is 16.5. The fourth-order valence-corrected chi connectivity index (χ4v) is 2.15. The predicted octanol–water partition coefficient (Wildman–Crippen LogP) is 1.08. The van der Waals surface area contributed by atoms with Gasteiger partial charge in [0.1, 0.15) is 0 Å². The van der Waals surface area contributed by atoms with Crippen molar-refractivity contribution in [1.82, 2.24) is 10.2 Å². The van der Waals surface area contributed by atoms with E-state index in [9.17, 15) is 14.4 Å². The summed E-state index contributed by atoms with van der Waals surface area (Å²) in [7, 11) is 3.27. The van der Waals surface area contributed by atoms with E-state index in [1.165, 1.54) is 4.90 Å². The van der Waals surface area contributed by atoms with E-state index in [4.69, 9.17) is 0 Å². The van der Waals surface area contributed by atoms with Gasteiger partial charge in [-0.1, -0.05) is 12.1 Å². The standard InChI is InChI=1S/C15H21N3O3S/c1-18(2)13(19)8-9-16-14(20)15(21)17-12-6-4-11(5-7-12)10-22-3/h4-7H,8-10H2,1-3H3,(H,16,20)(H,17,21). The van der Waals surface area contributed by atoms with Crippen molar-refractivity contribution < 1.29 is 14.4 Å². The van der Waals surface area contributed by atoms with E-state index in [1.54, 1.807) is 38.0 Å². The summed E-state index contributed by atoms with van der Waals surface area (Å²) in [6.45, 7) is 0.135. The molecule has 1 aromatic carbocycles. The Hall–Kier alpha value is -2.02. The summed E-state index contributed by atoms with van der Waals surface area (Å²) in [4.78, 5) is 36.1. The number of anilines is 1. The van der Waals surface area contributed by atoms with Gasteiger partial charge < -0.3 is 15.5 Å². The molecule has 0 aliphatic carbocycles. The van der Waals surface area contributed by atoms with Gasteiger partial charge in [0.2, 0.25) is 5.91 Å². The molecule has 0 aliphatic rings. The molecular formula is C15H21N3O3S. The van der Waals surface area contributed by atoms with Gasteiger partial charge in [-0.25, -0.2) is 0 Å². The maximum absolute atomic E-state index is 11.7. The van der Waals surface area contributed by atoms with Crippen molar-refractivity contribution in [1.29, 1.82) is 0 Å². The number of thioether (sulfide) groups is 1. The molecule has 0 saturated carbocycles. The second kappa shape index (κ2) is 9.09. The van der Waals surface area contributed by atoms with E-state index in [-0.39, 0.29) is 18.9 Å². The summed E-state index contributed by atoms with van der Waals surface area (Å²) in [5.41, 5.74) is 1.71. The second-order valence-corrected chi connectivity index (χ2v) is 5.74. The number of amides is 3. The Morgan fingerprint density at radius 3 is 2.27 bits per heavy atom. The van der Waals surface area contributed by atoms with E-state index in [0.29, 0.717) is 5.69 Å². The van der Waals surface area contributed by atoms with Gasteiger partial charge in [0.25, 0.3) is 0 Å². The van der Waals surface area contributed by atoms with Gasteiger partial charge >= 0.3 is 11.8 Å². The molecule has 0 fully saturated rings. The third-order valence-electron chi connectivity index (χ3n) is 2.85. The molecule has 1 rings (SSSR count). The summed E-state index contributed by atoms with van der Waals surface area (Å²) >= 11 is 1.71. The van der Waals surface area contributed by atoms with Crippen LogP contribution in [0.25, 0.3) is 0 Å². The van der Waals surface area contributed by atoms with Crippen LogP contribution in [0.4, 0.5) is 5.69 Å². The summed E-state index contributed by atoms with van der Waals surface area (Å²) in [6.07, 6.45) is 2.18. The summed E-state index contributed by atoms with van der Waals surface area (Å²) in [5.74, 6) is -0.700. The molecule has 2 N–H and O–H groups in total. The molecule has 22 heavy (non-hydrogen) atoms. The van der Waals surface area contributed by atoms with Crippen LogP contribution in [0.3, 0.4) is 0 Å².